The van der Waals surface area contributed by atoms with E-state index in [0.29, 0.717) is 10.9 Å². The molecule has 0 aliphatic rings. The summed E-state index contributed by atoms with van der Waals surface area (Å²) in [5, 5.41) is 8.54. The van der Waals surface area contributed by atoms with Crippen molar-refractivity contribution in [2.75, 3.05) is 5.33 Å². The van der Waals surface area contributed by atoms with Gasteiger partial charge < -0.3 is 0 Å². The van der Waals surface area contributed by atoms with Crippen LogP contribution in [-0.2, 0) is 0 Å². The normalized spacial score (nSPS) is 10.7. The van der Waals surface area contributed by atoms with Gasteiger partial charge in [-0.05, 0) is 36.4 Å². The third kappa shape index (κ3) is 3.34. The fourth-order valence-corrected chi connectivity index (χ4v) is 1.73. The molecule has 0 radical (unpaired) electrons. The van der Waals surface area contributed by atoms with Crippen molar-refractivity contribution in [3.63, 3.8) is 0 Å². The molecule has 0 saturated heterocycles. The van der Waals surface area contributed by atoms with Crippen LogP contribution >= 0.6 is 15.9 Å². The number of carbonyl (C=O) groups excluding carboxylic acids is 1. The zero-order valence-electron chi connectivity index (χ0n) is 9.58. The van der Waals surface area contributed by atoms with E-state index in [9.17, 15) is 4.79 Å². The Kier molecular flexibility index (Phi) is 4.36. The number of alkyl halides is 1. The van der Waals surface area contributed by atoms with Crippen molar-refractivity contribution < 1.29 is 4.79 Å². The summed E-state index contributed by atoms with van der Waals surface area (Å²) >= 11 is 3.14. The van der Waals surface area contributed by atoms with Crippen molar-refractivity contribution in [1.82, 2.24) is 0 Å². The number of rotatable bonds is 4. The average molecular weight is 303 g/mol. The molecular formula is C14H11BrN2O. The van der Waals surface area contributed by atoms with Gasteiger partial charge in [-0.15, -0.1) is 0 Å². The van der Waals surface area contributed by atoms with E-state index in [4.69, 9.17) is 0 Å². The Hall–Kier alpha value is -1.81. The molecule has 0 bridgehead atoms. The van der Waals surface area contributed by atoms with Crippen LogP contribution in [0, 0.1) is 0 Å². The van der Waals surface area contributed by atoms with Crippen LogP contribution in [0.1, 0.15) is 10.4 Å². The van der Waals surface area contributed by atoms with E-state index in [1.165, 1.54) is 0 Å². The summed E-state index contributed by atoms with van der Waals surface area (Å²) in [5.41, 5.74) is 2.20. The first-order chi connectivity index (χ1) is 8.79. The maximum atomic E-state index is 11.4. The zero-order chi connectivity index (χ0) is 12.8. The largest absolute Gasteiger partial charge is 0.293 e. The van der Waals surface area contributed by atoms with Gasteiger partial charge in [0.2, 0.25) is 0 Å². The first-order valence-electron chi connectivity index (χ1n) is 5.45. The summed E-state index contributed by atoms with van der Waals surface area (Å²) in [6, 6.07) is 16.6. The minimum absolute atomic E-state index is 0.0570. The molecule has 0 spiro atoms. The molecular weight excluding hydrogens is 292 g/mol. The predicted molar refractivity (Wildman–Crippen MR) is 75.2 cm³/mol. The standard InChI is InChI=1S/C14H11BrN2O/c15-10-14(18)11-6-8-13(9-7-11)17-16-12-4-2-1-3-5-12/h1-9H,10H2/b17-16+. The first-order valence-corrected chi connectivity index (χ1v) is 6.58. The van der Waals surface area contributed by atoms with Crippen molar-refractivity contribution in [2.24, 2.45) is 10.2 Å². The van der Waals surface area contributed by atoms with E-state index in [1.54, 1.807) is 24.3 Å². The highest BCUT2D eigenvalue weighted by molar-refractivity contribution is 9.09. The lowest BCUT2D eigenvalue weighted by molar-refractivity contribution is 0.102. The molecule has 0 aromatic heterocycles. The van der Waals surface area contributed by atoms with Crippen LogP contribution in [0.2, 0.25) is 0 Å². The third-order valence-corrected chi connectivity index (χ3v) is 2.86. The number of hydrogen-bond acceptors (Lipinski definition) is 3. The summed E-state index contributed by atoms with van der Waals surface area (Å²) < 4.78 is 0. The molecule has 0 aliphatic heterocycles. The van der Waals surface area contributed by atoms with Gasteiger partial charge in [0.05, 0.1) is 16.7 Å². The van der Waals surface area contributed by atoms with Gasteiger partial charge in [-0.3, -0.25) is 4.79 Å². The van der Waals surface area contributed by atoms with Crippen LogP contribution in [-0.4, -0.2) is 11.1 Å². The Bertz CT molecular complexity index is 550. The number of ketones is 1. The Morgan fingerprint density at radius 3 is 2.00 bits per heavy atom. The molecule has 0 heterocycles. The van der Waals surface area contributed by atoms with Gasteiger partial charge in [0.25, 0.3) is 0 Å². The summed E-state index contributed by atoms with van der Waals surface area (Å²) in [5.74, 6) is 0.0570. The lowest BCUT2D eigenvalue weighted by Crippen LogP contribution is -1.98. The van der Waals surface area contributed by atoms with Crippen molar-refractivity contribution >= 4 is 33.1 Å². The van der Waals surface area contributed by atoms with E-state index in [-0.39, 0.29) is 5.78 Å². The quantitative estimate of drug-likeness (QED) is 0.459. The molecule has 2 rings (SSSR count). The molecule has 2 aromatic rings. The molecule has 0 saturated carbocycles. The smallest absolute Gasteiger partial charge is 0.173 e. The molecule has 4 heteroatoms. The Morgan fingerprint density at radius 1 is 0.889 bits per heavy atom. The second-order valence-corrected chi connectivity index (χ2v) is 4.20. The molecule has 2 aromatic carbocycles. The topological polar surface area (TPSA) is 41.8 Å². The minimum Gasteiger partial charge on any atom is -0.293 e. The maximum Gasteiger partial charge on any atom is 0.173 e. The van der Waals surface area contributed by atoms with Crippen molar-refractivity contribution in [3.8, 4) is 0 Å². The van der Waals surface area contributed by atoms with Crippen LogP contribution in [0.5, 0.6) is 0 Å². The molecule has 90 valence electrons. The van der Waals surface area contributed by atoms with E-state index in [1.807, 2.05) is 30.3 Å². The summed E-state index contributed by atoms with van der Waals surface area (Å²) in [6.45, 7) is 0. The molecule has 0 atom stereocenters. The number of Topliss-reactive ketones (excluding diaryl/α,β-unsaturated/α-hetero) is 1. The highest BCUT2D eigenvalue weighted by Crippen LogP contribution is 2.18. The molecule has 3 nitrogen and oxygen atoms in total. The lowest BCUT2D eigenvalue weighted by Gasteiger charge is -1.97. The van der Waals surface area contributed by atoms with Crippen molar-refractivity contribution in [2.45, 2.75) is 0 Å². The van der Waals surface area contributed by atoms with E-state index < -0.39 is 0 Å². The van der Waals surface area contributed by atoms with E-state index in [2.05, 4.69) is 26.2 Å². The summed E-state index contributed by atoms with van der Waals surface area (Å²) in [4.78, 5) is 11.4. The molecule has 0 unspecified atom stereocenters. The molecule has 18 heavy (non-hydrogen) atoms. The van der Waals surface area contributed by atoms with Gasteiger partial charge in [0.15, 0.2) is 5.78 Å². The average Bonchev–Trinajstić information content (AvgIpc) is 2.46. The predicted octanol–water partition coefficient (Wildman–Crippen LogP) is 4.68. The SMILES string of the molecule is O=C(CBr)c1ccc(/N=N/c2ccccc2)cc1. The zero-order valence-corrected chi connectivity index (χ0v) is 11.2. The van der Waals surface area contributed by atoms with Crippen LogP contribution < -0.4 is 0 Å². The second-order valence-electron chi connectivity index (χ2n) is 3.64. The number of azo groups is 1. The van der Waals surface area contributed by atoms with Crippen LogP contribution in [0.25, 0.3) is 0 Å². The monoisotopic (exact) mass is 302 g/mol. The Morgan fingerprint density at radius 2 is 1.44 bits per heavy atom. The van der Waals surface area contributed by atoms with Crippen molar-refractivity contribution in [1.29, 1.82) is 0 Å². The Balaban J connectivity index is 2.11. The number of hydrogen-bond donors (Lipinski definition) is 0. The summed E-state index contributed by atoms with van der Waals surface area (Å²) in [6.07, 6.45) is 0. The van der Waals surface area contributed by atoms with E-state index >= 15 is 0 Å². The fourth-order valence-electron chi connectivity index (χ4n) is 1.40. The lowest BCUT2D eigenvalue weighted by atomic mass is 10.1. The van der Waals surface area contributed by atoms with Gasteiger partial charge in [-0.25, -0.2) is 0 Å². The molecule has 0 amide bonds. The van der Waals surface area contributed by atoms with Gasteiger partial charge >= 0.3 is 0 Å². The highest BCUT2D eigenvalue weighted by atomic mass is 79.9. The molecule has 0 aliphatic carbocycles. The minimum atomic E-state index is 0.0570. The van der Waals surface area contributed by atoms with Crippen LogP contribution in [0.3, 0.4) is 0 Å². The van der Waals surface area contributed by atoms with Gasteiger partial charge in [0, 0.05) is 5.56 Å². The van der Waals surface area contributed by atoms with Gasteiger partial charge in [0.1, 0.15) is 0 Å². The molecule has 0 fully saturated rings. The number of benzene rings is 2. The number of carbonyl (C=O) groups is 1. The van der Waals surface area contributed by atoms with Crippen molar-refractivity contribution in [3.05, 3.63) is 60.2 Å². The number of nitrogens with zero attached hydrogens (tertiary/aromatic N) is 2. The maximum absolute atomic E-state index is 11.4. The Labute approximate surface area is 114 Å². The van der Waals surface area contributed by atoms with Gasteiger partial charge in [-0.1, -0.05) is 34.1 Å². The molecule has 0 N–H and O–H groups in total. The fraction of sp³-hybridized carbons (Fsp3) is 0.0714. The van der Waals surface area contributed by atoms with Crippen LogP contribution in [0.4, 0.5) is 11.4 Å². The summed E-state index contributed by atoms with van der Waals surface area (Å²) in [7, 11) is 0. The van der Waals surface area contributed by atoms with E-state index in [0.717, 1.165) is 11.4 Å². The van der Waals surface area contributed by atoms with Crippen LogP contribution in [0.15, 0.2) is 64.8 Å². The second kappa shape index (κ2) is 6.21. The highest BCUT2D eigenvalue weighted by Gasteiger charge is 2.02. The van der Waals surface area contributed by atoms with Gasteiger partial charge in [-0.2, -0.15) is 10.2 Å². The first kappa shape index (κ1) is 12.6. The number of halogens is 1. The third-order valence-electron chi connectivity index (χ3n) is 2.35.